The largest absolute Gasteiger partial charge is 0.491 e. The van der Waals surface area contributed by atoms with Crippen LogP contribution in [0.3, 0.4) is 0 Å². The molecular weight excluding hydrogens is 435 g/mol. The van der Waals surface area contributed by atoms with Crippen molar-refractivity contribution in [2.45, 2.75) is 11.4 Å². The Morgan fingerprint density at radius 3 is 1.61 bits per heavy atom. The second kappa shape index (κ2) is 10.4. The van der Waals surface area contributed by atoms with Crippen LogP contribution in [0.1, 0.15) is 16.4 Å². The Kier molecular flexibility index (Phi) is 7.95. The first kappa shape index (κ1) is 21.4. The smallest absolute Gasteiger partial charge is 0.119 e. The number of benzene rings is 3. The van der Waals surface area contributed by atoms with E-state index >= 15 is 0 Å². The lowest BCUT2D eigenvalue weighted by molar-refractivity contribution is 0.126. The zero-order valence-corrected chi connectivity index (χ0v) is 18.0. The molecular formula is C22H19Cl3O2S. The molecule has 3 rings (SSSR count). The van der Waals surface area contributed by atoms with Crippen LogP contribution in [0.15, 0.2) is 72.8 Å². The highest BCUT2D eigenvalue weighted by atomic mass is 35.5. The van der Waals surface area contributed by atoms with Crippen molar-refractivity contribution in [3.05, 3.63) is 99.0 Å². The van der Waals surface area contributed by atoms with E-state index in [9.17, 15) is 5.11 Å². The lowest BCUT2D eigenvalue weighted by Gasteiger charge is -2.20. The van der Waals surface area contributed by atoms with Gasteiger partial charge in [0.25, 0.3) is 0 Å². The van der Waals surface area contributed by atoms with Gasteiger partial charge >= 0.3 is 0 Å². The van der Waals surface area contributed by atoms with Crippen molar-refractivity contribution in [2.75, 3.05) is 12.4 Å². The molecule has 0 saturated heterocycles. The van der Waals surface area contributed by atoms with Crippen LogP contribution in [-0.4, -0.2) is 23.6 Å². The molecule has 0 aliphatic carbocycles. The van der Waals surface area contributed by atoms with Crippen molar-refractivity contribution < 1.29 is 9.84 Å². The minimum Gasteiger partial charge on any atom is -0.491 e. The maximum Gasteiger partial charge on any atom is 0.119 e. The summed E-state index contributed by atoms with van der Waals surface area (Å²) in [6, 6.07) is 22.6. The van der Waals surface area contributed by atoms with Crippen LogP contribution >= 0.6 is 46.6 Å². The molecule has 0 aromatic heterocycles. The molecule has 0 bridgehead atoms. The predicted octanol–water partition coefficient (Wildman–Crippen LogP) is 6.91. The lowest BCUT2D eigenvalue weighted by atomic mass is 10.0. The molecule has 0 aliphatic heterocycles. The molecule has 1 N–H and O–H groups in total. The first-order valence-corrected chi connectivity index (χ1v) is 10.9. The van der Waals surface area contributed by atoms with Gasteiger partial charge in [0.2, 0.25) is 0 Å². The third-order valence-electron chi connectivity index (χ3n) is 4.06. The van der Waals surface area contributed by atoms with Crippen molar-refractivity contribution in [3.8, 4) is 5.75 Å². The summed E-state index contributed by atoms with van der Waals surface area (Å²) in [5.41, 5.74) is 2.23. The van der Waals surface area contributed by atoms with E-state index in [2.05, 4.69) is 0 Å². The SMILES string of the molecule is OC(COc1ccc(Cl)cc1)CSC(c1ccc(Cl)cc1)c1ccc(Cl)cc1. The predicted molar refractivity (Wildman–Crippen MR) is 120 cm³/mol. The zero-order valence-electron chi connectivity index (χ0n) is 14.9. The van der Waals surface area contributed by atoms with Crippen LogP contribution < -0.4 is 4.74 Å². The molecule has 3 aromatic carbocycles. The summed E-state index contributed by atoms with van der Waals surface area (Å²) in [5, 5.41) is 12.5. The lowest BCUT2D eigenvalue weighted by Crippen LogP contribution is -2.20. The van der Waals surface area contributed by atoms with Gasteiger partial charge in [0.1, 0.15) is 12.4 Å². The normalized spacial score (nSPS) is 12.2. The van der Waals surface area contributed by atoms with Gasteiger partial charge < -0.3 is 9.84 Å². The molecule has 28 heavy (non-hydrogen) atoms. The van der Waals surface area contributed by atoms with Gasteiger partial charge in [-0.05, 0) is 59.7 Å². The Bertz CT molecular complexity index is 822. The van der Waals surface area contributed by atoms with Crippen molar-refractivity contribution >= 4 is 46.6 Å². The van der Waals surface area contributed by atoms with Crippen LogP contribution in [-0.2, 0) is 0 Å². The minimum absolute atomic E-state index is 0.0553. The number of halogens is 3. The standard InChI is InChI=1S/C22H19Cl3O2S/c23-17-5-1-15(2-6-17)22(16-3-7-18(24)8-4-16)28-14-20(26)13-27-21-11-9-19(25)10-12-21/h1-12,20,22,26H,13-14H2. The molecule has 2 nitrogen and oxygen atoms in total. The van der Waals surface area contributed by atoms with E-state index in [4.69, 9.17) is 39.5 Å². The molecule has 0 radical (unpaired) electrons. The third-order valence-corrected chi connectivity index (χ3v) is 6.27. The van der Waals surface area contributed by atoms with Gasteiger partial charge in [0.05, 0.1) is 11.4 Å². The molecule has 1 atom stereocenters. The van der Waals surface area contributed by atoms with Gasteiger partial charge in [-0.2, -0.15) is 0 Å². The molecule has 0 spiro atoms. The van der Waals surface area contributed by atoms with Crippen molar-refractivity contribution in [2.24, 2.45) is 0 Å². The molecule has 0 saturated carbocycles. The Hall–Kier alpha value is -1.36. The second-order valence-corrected chi connectivity index (χ2v) is 8.68. The zero-order chi connectivity index (χ0) is 19.9. The van der Waals surface area contributed by atoms with Crippen LogP contribution in [0.25, 0.3) is 0 Å². The average molecular weight is 454 g/mol. The Balaban J connectivity index is 1.64. The minimum atomic E-state index is -0.609. The highest BCUT2D eigenvalue weighted by Gasteiger charge is 2.17. The van der Waals surface area contributed by atoms with Crippen molar-refractivity contribution in [1.82, 2.24) is 0 Å². The van der Waals surface area contributed by atoms with Crippen LogP contribution in [0.4, 0.5) is 0 Å². The van der Waals surface area contributed by atoms with E-state index in [1.807, 2.05) is 48.5 Å². The Morgan fingerprint density at radius 1 is 0.714 bits per heavy atom. The van der Waals surface area contributed by atoms with E-state index in [0.717, 1.165) is 11.1 Å². The fourth-order valence-corrected chi connectivity index (χ4v) is 4.23. The average Bonchev–Trinajstić information content (AvgIpc) is 2.70. The fourth-order valence-electron chi connectivity index (χ4n) is 2.64. The summed E-state index contributed by atoms with van der Waals surface area (Å²) >= 11 is 19.6. The summed E-state index contributed by atoms with van der Waals surface area (Å²) < 4.78 is 5.64. The van der Waals surface area contributed by atoms with Crippen molar-refractivity contribution in [3.63, 3.8) is 0 Å². The number of ether oxygens (including phenoxy) is 1. The quantitative estimate of drug-likeness (QED) is 0.402. The third kappa shape index (κ3) is 6.33. The number of aliphatic hydroxyl groups excluding tert-OH is 1. The molecule has 146 valence electrons. The van der Waals surface area contributed by atoms with E-state index in [0.29, 0.717) is 26.6 Å². The summed E-state index contributed by atoms with van der Waals surface area (Å²) in [7, 11) is 0. The summed E-state index contributed by atoms with van der Waals surface area (Å²) in [4.78, 5) is 0. The van der Waals surface area contributed by atoms with Gasteiger partial charge in [-0.15, -0.1) is 11.8 Å². The monoisotopic (exact) mass is 452 g/mol. The molecule has 3 aromatic rings. The highest BCUT2D eigenvalue weighted by Crippen LogP contribution is 2.37. The number of hydrogen-bond acceptors (Lipinski definition) is 3. The maximum atomic E-state index is 10.4. The van der Waals surface area contributed by atoms with Gasteiger partial charge in [0.15, 0.2) is 0 Å². The van der Waals surface area contributed by atoms with Gasteiger partial charge in [-0.1, -0.05) is 59.1 Å². The highest BCUT2D eigenvalue weighted by molar-refractivity contribution is 7.99. The van der Waals surface area contributed by atoms with E-state index < -0.39 is 6.10 Å². The molecule has 1 unspecified atom stereocenters. The van der Waals surface area contributed by atoms with Crippen LogP contribution in [0, 0.1) is 0 Å². The number of hydrogen-bond donors (Lipinski definition) is 1. The maximum absolute atomic E-state index is 10.4. The van der Waals surface area contributed by atoms with Crippen molar-refractivity contribution in [1.29, 1.82) is 0 Å². The summed E-state index contributed by atoms with van der Waals surface area (Å²) in [6.45, 7) is 0.211. The fraction of sp³-hybridized carbons (Fsp3) is 0.182. The van der Waals surface area contributed by atoms with Gasteiger partial charge in [-0.25, -0.2) is 0 Å². The molecule has 0 aliphatic rings. The first-order valence-electron chi connectivity index (χ1n) is 8.70. The van der Waals surface area contributed by atoms with E-state index in [1.165, 1.54) is 0 Å². The van der Waals surface area contributed by atoms with Gasteiger partial charge in [0, 0.05) is 20.8 Å². The molecule has 6 heteroatoms. The number of thioether (sulfide) groups is 1. The van der Waals surface area contributed by atoms with E-state index in [1.54, 1.807) is 36.0 Å². The molecule has 0 heterocycles. The Morgan fingerprint density at radius 2 is 1.14 bits per heavy atom. The summed E-state index contributed by atoms with van der Waals surface area (Å²) in [5.74, 6) is 1.20. The topological polar surface area (TPSA) is 29.5 Å². The molecule has 0 amide bonds. The second-order valence-electron chi connectivity index (χ2n) is 6.24. The molecule has 0 fully saturated rings. The Labute approximate surface area is 184 Å². The number of aliphatic hydroxyl groups is 1. The first-order chi connectivity index (χ1) is 13.5. The van der Waals surface area contributed by atoms with E-state index in [-0.39, 0.29) is 11.9 Å². The van der Waals surface area contributed by atoms with Crippen LogP contribution in [0.5, 0.6) is 5.75 Å². The van der Waals surface area contributed by atoms with Gasteiger partial charge in [-0.3, -0.25) is 0 Å². The number of rotatable bonds is 8. The van der Waals surface area contributed by atoms with Crippen LogP contribution in [0.2, 0.25) is 15.1 Å². The summed E-state index contributed by atoms with van der Waals surface area (Å²) in [6.07, 6.45) is -0.609.